The Balaban J connectivity index is 1.37. The highest BCUT2D eigenvalue weighted by molar-refractivity contribution is 6.30. The maximum atomic E-state index is 12.6. The second kappa shape index (κ2) is 9.91. The van der Waals surface area contributed by atoms with Gasteiger partial charge in [-0.1, -0.05) is 22.8 Å². The van der Waals surface area contributed by atoms with Gasteiger partial charge in [0.2, 0.25) is 11.7 Å². The number of piperidine rings is 1. The molecule has 1 amide bonds. The van der Waals surface area contributed by atoms with Gasteiger partial charge in [-0.25, -0.2) is 0 Å². The molecular weight excluding hydrogens is 432 g/mol. The minimum absolute atomic E-state index is 0.000354. The number of nitrogens with one attached hydrogen (secondary N) is 1. The second-order valence-electron chi connectivity index (χ2n) is 7.46. The van der Waals surface area contributed by atoms with Crippen LogP contribution in [0.15, 0.2) is 47.0 Å². The van der Waals surface area contributed by atoms with E-state index in [4.69, 9.17) is 25.6 Å². The Morgan fingerprint density at radius 3 is 2.75 bits per heavy atom. The molecule has 8 nitrogen and oxygen atoms in total. The van der Waals surface area contributed by atoms with Gasteiger partial charge < -0.3 is 24.2 Å². The number of ether oxygens (including phenoxy) is 2. The molecule has 1 fully saturated rings. The van der Waals surface area contributed by atoms with E-state index in [1.807, 2.05) is 42.2 Å². The van der Waals surface area contributed by atoms with Crippen LogP contribution in [0.25, 0.3) is 11.4 Å². The average molecular weight is 457 g/mol. The van der Waals surface area contributed by atoms with E-state index in [2.05, 4.69) is 15.5 Å². The van der Waals surface area contributed by atoms with Crippen LogP contribution in [0.2, 0.25) is 5.02 Å². The smallest absolute Gasteiger partial charge is 0.324 e. The molecule has 9 heteroatoms. The molecule has 1 aliphatic heterocycles. The number of amides is 1. The van der Waals surface area contributed by atoms with Gasteiger partial charge in [0.1, 0.15) is 0 Å². The molecule has 1 aromatic heterocycles. The number of nitrogens with zero attached hydrogens (tertiary/aromatic N) is 3. The van der Waals surface area contributed by atoms with E-state index in [1.165, 1.54) is 0 Å². The monoisotopic (exact) mass is 456 g/mol. The summed E-state index contributed by atoms with van der Waals surface area (Å²) in [4.78, 5) is 19.1. The molecule has 4 rings (SSSR count). The first-order valence-electron chi connectivity index (χ1n) is 10.5. The fraction of sp³-hybridized carbons (Fsp3) is 0.348. The number of carbonyl (C=O) groups excluding carboxylic acids is 1. The first-order valence-corrected chi connectivity index (χ1v) is 10.9. The van der Waals surface area contributed by atoms with Crippen molar-refractivity contribution < 1.29 is 18.8 Å². The quantitative estimate of drug-likeness (QED) is 0.553. The Hall–Kier alpha value is -3.26. The number of anilines is 2. The van der Waals surface area contributed by atoms with Gasteiger partial charge in [-0.2, -0.15) is 4.98 Å². The van der Waals surface area contributed by atoms with Crippen molar-refractivity contribution in [3.05, 3.63) is 47.5 Å². The number of benzene rings is 2. The molecule has 0 spiro atoms. The third-order valence-corrected chi connectivity index (χ3v) is 5.60. The Morgan fingerprint density at radius 2 is 2.03 bits per heavy atom. The summed E-state index contributed by atoms with van der Waals surface area (Å²) >= 11 is 5.99. The number of carbonyl (C=O) groups is 1. The van der Waals surface area contributed by atoms with E-state index in [0.717, 1.165) is 5.56 Å². The van der Waals surface area contributed by atoms with Crippen molar-refractivity contribution >= 4 is 29.2 Å². The van der Waals surface area contributed by atoms with Crippen LogP contribution in [0.4, 0.5) is 11.7 Å². The average Bonchev–Trinajstić information content (AvgIpc) is 3.30. The van der Waals surface area contributed by atoms with Gasteiger partial charge in [0, 0.05) is 35.3 Å². The van der Waals surface area contributed by atoms with Crippen LogP contribution in [0, 0.1) is 5.92 Å². The summed E-state index contributed by atoms with van der Waals surface area (Å²) in [6, 6.07) is 13.1. The number of hydrogen-bond donors (Lipinski definition) is 1. The normalized spacial score (nSPS) is 14.3. The summed E-state index contributed by atoms with van der Waals surface area (Å²) in [5.41, 5.74) is 1.48. The van der Waals surface area contributed by atoms with Crippen molar-refractivity contribution in [1.82, 2.24) is 10.1 Å². The van der Waals surface area contributed by atoms with Gasteiger partial charge in [-0.3, -0.25) is 4.79 Å². The highest BCUT2D eigenvalue weighted by Gasteiger charge is 2.28. The third kappa shape index (κ3) is 4.96. The molecule has 0 bridgehead atoms. The lowest BCUT2D eigenvalue weighted by molar-refractivity contribution is -0.120. The zero-order chi connectivity index (χ0) is 22.5. The number of halogens is 1. The minimum atomic E-state index is -0.0806. The number of methoxy groups -OCH3 is 1. The zero-order valence-electron chi connectivity index (χ0n) is 18.0. The zero-order valence-corrected chi connectivity index (χ0v) is 18.8. The maximum absolute atomic E-state index is 12.6. The van der Waals surface area contributed by atoms with Crippen LogP contribution in [0.5, 0.6) is 11.5 Å². The fourth-order valence-corrected chi connectivity index (χ4v) is 3.88. The van der Waals surface area contributed by atoms with Crippen LogP contribution in [0.3, 0.4) is 0 Å². The van der Waals surface area contributed by atoms with E-state index >= 15 is 0 Å². The molecule has 0 saturated carbocycles. The molecule has 1 N–H and O–H groups in total. The molecular formula is C23H25ClN4O4. The van der Waals surface area contributed by atoms with Gasteiger partial charge in [0.15, 0.2) is 11.5 Å². The first kappa shape index (κ1) is 22.0. The lowest BCUT2D eigenvalue weighted by Crippen LogP contribution is -2.38. The molecule has 2 heterocycles. The summed E-state index contributed by atoms with van der Waals surface area (Å²) in [5.74, 6) is 1.67. The van der Waals surface area contributed by atoms with Crippen LogP contribution in [0.1, 0.15) is 19.8 Å². The second-order valence-corrected chi connectivity index (χ2v) is 7.90. The van der Waals surface area contributed by atoms with Crippen LogP contribution in [-0.2, 0) is 4.79 Å². The number of hydrogen-bond acceptors (Lipinski definition) is 7. The molecule has 0 unspecified atom stereocenters. The molecule has 0 atom stereocenters. The topological polar surface area (TPSA) is 89.7 Å². The molecule has 2 aromatic carbocycles. The van der Waals surface area contributed by atoms with Crippen molar-refractivity contribution in [2.24, 2.45) is 5.92 Å². The summed E-state index contributed by atoms with van der Waals surface area (Å²) in [7, 11) is 1.59. The predicted molar refractivity (Wildman–Crippen MR) is 122 cm³/mol. The summed E-state index contributed by atoms with van der Waals surface area (Å²) in [6.45, 7) is 3.78. The highest BCUT2D eigenvalue weighted by atomic mass is 35.5. The van der Waals surface area contributed by atoms with Gasteiger partial charge in [-0.05, 0) is 56.2 Å². The number of aromatic nitrogens is 2. The molecule has 1 saturated heterocycles. The van der Waals surface area contributed by atoms with Crippen molar-refractivity contribution in [1.29, 1.82) is 0 Å². The SMILES string of the molecule is CCOc1ccc(-c2noc(N3CCC(C(=O)Nc4cccc(Cl)c4)CC3)n2)cc1OC. The lowest BCUT2D eigenvalue weighted by Gasteiger charge is -2.29. The van der Waals surface area contributed by atoms with E-state index in [1.54, 1.807) is 19.2 Å². The molecule has 0 radical (unpaired) electrons. The van der Waals surface area contributed by atoms with Crippen molar-refractivity contribution in [3.63, 3.8) is 0 Å². The van der Waals surface area contributed by atoms with E-state index in [9.17, 15) is 4.79 Å². The van der Waals surface area contributed by atoms with E-state index < -0.39 is 0 Å². The van der Waals surface area contributed by atoms with Crippen LogP contribution in [-0.4, -0.2) is 42.9 Å². The minimum Gasteiger partial charge on any atom is -0.493 e. The lowest BCUT2D eigenvalue weighted by atomic mass is 9.96. The Morgan fingerprint density at radius 1 is 1.22 bits per heavy atom. The molecule has 3 aromatic rings. The molecule has 32 heavy (non-hydrogen) atoms. The van der Waals surface area contributed by atoms with Crippen molar-refractivity contribution in [2.75, 3.05) is 37.0 Å². The largest absolute Gasteiger partial charge is 0.493 e. The maximum Gasteiger partial charge on any atom is 0.324 e. The Labute approximate surface area is 191 Å². The third-order valence-electron chi connectivity index (χ3n) is 5.37. The van der Waals surface area contributed by atoms with Crippen molar-refractivity contribution in [2.45, 2.75) is 19.8 Å². The van der Waals surface area contributed by atoms with Gasteiger partial charge >= 0.3 is 6.01 Å². The van der Waals surface area contributed by atoms with E-state index in [-0.39, 0.29) is 11.8 Å². The standard InChI is InChI=1S/C23H25ClN4O4/c1-3-31-19-8-7-16(13-20(19)30-2)21-26-23(32-27-21)28-11-9-15(10-12-28)22(29)25-18-6-4-5-17(24)14-18/h4-8,13-15H,3,9-12H2,1-2H3,(H,25,29). The predicted octanol–water partition coefficient (Wildman–Crippen LogP) is 4.65. The summed E-state index contributed by atoms with van der Waals surface area (Å²) < 4.78 is 16.4. The molecule has 168 valence electrons. The van der Waals surface area contributed by atoms with Gasteiger partial charge in [-0.15, -0.1) is 0 Å². The van der Waals surface area contributed by atoms with Crippen LogP contribution >= 0.6 is 11.6 Å². The van der Waals surface area contributed by atoms with E-state index in [0.29, 0.717) is 66.6 Å². The highest BCUT2D eigenvalue weighted by Crippen LogP contribution is 2.32. The summed E-state index contributed by atoms with van der Waals surface area (Å²) in [5, 5.41) is 7.65. The van der Waals surface area contributed by atoms with Gasteiger partial charge in [0.05, 0.1) is 13.7 Å². The Kier molecular flexibility index (Phi) is 6.80. The molecule has 1 aliphatic rings. The number of rotatable bonds is 7. The van der Waals surface area contributed by atoms with Crippen molar-refractivity contribution in [3.8, 4) is 22.9 Å². The molecule has 0 aliphatic carbocycles. The fourth-order valence-electron chi connectivity index (χ4n) is 3.69. The van der Waals surface area contributed by atoms with Gasteiger partial charge in [0.25, 0.3) is 0 Å². The summed E-state index contributed by atoms with van der Waals surface area (Å²) in [6.07, 6.45) is 1.39. The first-order chi connectivity index (χ1) is 15.6. The Bertz CT molecular complexity index is 1080. The van der Waals surface area contributed by atoms with Crippen LogP contribution < -0.4 is 19.7 Å².